The quantitative estimate of drug-likeness (QED) is 0.761. The van der Waals surface area contributed by atoms with Crippen LogP contribution in [0.4, 0.5) is 0 Å². The number of nitrogens with zero attached hydrogens (tertiary/aromatic N) is 2. The smallest absolute Gasteiger partial charge is 0.228 e. The maximum absolute atomic E-state index is 12.2. The first-order valence-electron chi connectivity index (χ1n) is 7.03. The summed E-state index contributed by atoms with van der Waals surface area (Å²) in [5.74, 6) is 0.509. The van der Waals surface area contributed by atoms with Crippen LogP contribution in [0.15, 0.2) is 0 Å². The van der Waals surface area contributed by atoms with Crippen molar-refractivity contribution < 1.29 is 9.90 Å². The molecule has 2 unspecified atom stereocenters. The molecular formula is C13H26ClN3O2. The molecular weight excluding hydrogens is 266 g/mol. The maximum Gasteiger partial charge on any atom is 0.228 e. The summed E-state index contributed by atoms with van der Waals surface area (Å²) in [5, 5.41) is 12.6. The number of nitrogens with one attached hydrogen (secondary N) is 1. The van der Waals surface area contributed by atoms with E-state index in [-0.39, 0.29) is 24.4 Å². The third-order valence-corrected chi connectivity index (χ3v) is 4.02. The fourth-order valence-corrected chi connectivity index (χ4v) is 2.78. The first-order chi connectivity index (χ1) is 8.61. The van der Waals surface area contributed by atoms with Gasteiger partial charge in [-0.3, -0.25) is 9.69 Å². The third-order valence-electron chi connectivity index (χ3n) is 4.02. The first-order valence-corrected chi connectivity index (χ1v) is 7.03. The van der Waals surface area contributed by atoms with Crippen molar-refractivity contribution in [3.8, 4) is 0 Å². The van der Waals surface area contributed by atoms with E-state index in [4.69, 9.17) is 0 Å². The van der Waals surface area contributed by atoms with Crippen LogP contribution in [0.25, 0.3) is 0 Å². The van der Waals surface area contributed by atoms with Crippen LogP contribution < -0.4 is 5.32 Å². The summed E-state index contributed by atoms with van der Waals surface area (Å²) in [6.45, 7) is 8.87. The average molecular weight is 292 g/mol. The minimum Gasteiger partial charge on any atom is -0.392 e. The Labute approximate surface area is 121 Å². The summed E-state index contributed by atoms with van der Waals surface area (Å²) in [7, 11) is 0. The topological polar surface area (TPSA) is 55.8 Å². The Kier molecular flexibility index (Phi) is 6.53. The maximum atomic E-state index is 12.2. The molecule has 112 valence electrons. The van der Waals surface area contributed by atoms with E-state index in [0.717, 1.165) is 39.1 Å². The molecule has 2 saturated heterocycles. The molecule has 0 aromatic carbocycles. The zero-order valence-corrected chi connectivity index (χ0v) is 12.7. The Hall–Kier alpha value is -0.360. The molecule has 2 rings (SSSR count). The van der Waals surface area contributed by atoms with Crippen LogP contribution in [0, 0.1) is 5.92 Å². The Morgan fingerprint density at radius 1 is 1.42 bits per heavy atom. The molecule has 2 heterocycles. The van der Waals surface area contributed by atoms with Gasteiger partial charge in [0.1, 0.15) is 0 Å². The summed E-state index contributed by atoms with van der Waals surface area (Å²) in [6.07, 6.45) is 0.733. The van der Waals surface area contributed by atoms with Gasteiger partial charge in [0.15, 0.2) is 0 Å². The van der Waals surface area contributed by atoms with Crippen LogP contribution in [-0.2, 0) is 4.79 Å². The number of hydrogen-bond donors (Lipinski definition) is 2. The predicted octanol–water partition coefficient (Wildman–Crippen LogP) is -0.0688. The summed E-state index contributed by atoms with van der Waals surface area (Å²) >= 11 is 0. The Morgan fingerprint density at radius 2 is 2.11 bits per heavy atom. The summed E-state index contributed by atoms with van der Waals surface area (Å²) < 4.78 is 0. The fraction of sp³-hybridized carbons (Fsp3) is 0.923. The molecule has 0 aliphatic carbocycles. The van der Waals surface area contributed by atoms with Crippen molar-refractivity contribution in [3.63, 3.8) is 0 Å². The van der Waals surface area contributed by atoms with Gasteiger partial charge in [-0.15, -0.1) is 12.4 Å². The van der Waals surface area contributed by atoms with Gasteiger partial charge in [0.05, 0.1) is 12.0 Å². The third kappa shape index (κ3) is 4.05. The van der Waals surface area contributed by atoms with Crippen molar-refractivity contribution >= 4 is 18.3 Å². The average Bonchev–Trinajstić information content (AvgIpc) is 2.26. The van der Waals surface area contributed by atoms with Crippen molar-refractivity contribution in [1.82, 2.24) is 15.1 Å². The number of halogens is 1. The minimum absolute atomic E-state index is 0. The zero-order chi connectivity index (χ0) is 13.1. The lowest BCUT2D eigenvalue weighted by molar-refractivity contribution is -0.140. The standard InChI is InChI=1S/C13H25N3O2.ClH/c1-3-12-9-16(13(18)11-6-14-7-11)5-4-15(12)8-10(2)17;/h10-12,14,17H,3-9H2,1-2H3;1H. The second-order valence-electron chi connectivity index (χ2n) is 5.55. The number of carbonyl (C=O) groups is 1. The van der Waals surface area contributed by atoms with Crippen molar-refractivity contribution in [3.05, 3.63) is 0 Å². The molecule has 0 aromatic rings. The van der Waals surface area contributed by atoms with Gasteiger partial charge in [-0.2, -0.15) is 0 Å². The number of piperazine rings is 1. The second-order valence-corrected chi connectivity index (χ2v) is 5.55. The summed E-state index contributed by atoms with van der Waals surface area (Å²) in [5.41, 5.74) is 0. The number of aliphatic hydroxyl groups excluding tert-OH is 1. The molecule has 2 fully saturated rings. The van der Waals surface area contributed by atoms with Gasteiger partial charge in [-0.1, -0.05) is 6.92 Å². The molecule has 2 aliphatic heterocycles. The zero-order valence-electron chi connectivity index (χ0n) is 11.8. The predicted molar refractivity (Wildman–Crippen MR) is 77.5 cm³/mol. The molecule has 0 spiro atoms. The molecule has 2 atom stereocenters. The van der Waals surface area contributed by atoms with Crippen LogP contribution in [-0.4, -0.2) is 72.2 Å². The fourth-order valence-electron chi connectivity index (χ4n) is 2.78. The van der Waals surface area contributed by atoms with Crippen molar-refractivity contribution in [2.24, 2.45) is 5.92 Å². The molecule has 1 amide bonds. The molecule has 0 aromatic heterocycles. The minimum atomic E-state index is -0.294. The van der Waals surface area contributed by atoms with Gasteiger partial charge in [0, 0.05) is 45.3 Å². The second kappa shape index (κ2) is 7.43. The van der Waals surface area contributed by atoms with Crippen LogP contribution >= 0.6 is 12.4 Å². The van der Waals surface area contributed by atoms with E-state index in [1.54, 1.807) is 0 Å². The largest absolute Gasteiger partial charge is 0.392 e. The number of carbonyl (C=O) groups excluding carboxylic acids is 1. The number of rotatable bonds is 4. The van der Waals surface area contributed by atoms with E-state index >= 15 is 0 Å². The van der Waals surface area contributed by atoms with Gasteiger partial charge >= 0.3 is 0 Å². The highest BCUT2D eigenvalue weighted by Crippen LogP contribution is 2.17. The van der Waals surface area contributed by atoms with Gasteiger partial charge in [0.2, 0.25) is 5.91 Å². The monoisotopic (exact) mass is 291 g/mol. The molecule has 0 radical (unpaired) electrons. The highest BCUT2D eigenvalue weighted by atomic mass is 35.5. The molecule has 2 aliphatic rings. The summed E-state index contributed by atoms with van der Waals surface area (Å²) in [6, 6.07) is 0.394. The van der Waals surface area contributed by atoms with E-state index in [1.807, 2.05) is 11.8 Å². The molecule has 5 nitrogen and oxygen atoms in total. The molecule has 2 N–H and O–H groups in total. The highest BCUT2D eigenvalue weighted by Gasteiger charge is 2.34. The first kappa shape index (κ1) is 16.7. The number of amides is 1. The lowest BCUT2D eigenvalue weighted by Crippen LogP contribution is -2.60. The van der Waals surface area contributed by atoms with Crippen LogP contribution in [0.1, 0.15) is 20.3 Å². The molecule has 6 heteroatoms. The normalized spacial score (nSPS) is 26.5. The molecule has 0 saturated carbocycles. The lowest BCUT2D eigenvalue weighted by atomic mass is 10.00. The molecule has 0 bridgehead atoms. The van der Waals surface area contributed by atoms with Gasteiger partial charge in [-0.05, 0) is 13.3 Å². The van der Waals surface area contributed by atoms with Crippen molar-refractivity contribution in [2.75, 3.05) is 39.3 Å². The molecule has 19 heavy (non-hydrogen) atoms. The Morgan fingerprint density at radius 3 is 2.58 bits per heavy atom. The highest BCUT2D eigenvalue weighted by molar-refractivity contribution is 5.85. The Balaban J connectivity index is 0.00000180. The lowest BCUT2D eigenvalue weighted by Gasteiger charge is -2.43. The number of hydrogen-bond acceptors (Lipinski definition) is 4. The number of β-amino-alcohol motifs (C(OH)–C–C–N with tert-alkyl or cyclic N) is 1. The van der Waals surface area contributed by atoms with E-state index < -0.39 is 0 Å². The van der Waals surface area contributed by atoms with Crippen molar-refractivity contribution in [1.29, 1.82) is 0 Å². The van der Waals surface area contributed by atoms with E-state index in [0.29, 0.717) is 18.5 Å². The van der Waals surface area contributed by atoms with E-state index in [2.05, 4.69) is 17.1 Å². The van der Waals surface area contributed by atoms with Gasteiger partial charge < -0.3 is 15.3 Å². The number of aliphatic hydroxyl groups is 1. The SMILES string of the molecule is CCC1CN(C(=O)C2CNC2)CCN1CC(C)O.Cl. The van der Waals surface area contributed by atoms with Crippen LogP contribution in [0.5, 0.6) is 0 Å². The summed E-state index contributed by atoms with van der Waals surface area (Å²) in [4.78, 5) is 16.5. The van der Waals surface area contributed by atoms with Crippen molar-refractivity contribution in [2.45, 2.75) is 32.4 Å². The van der Waals surface area contributed by atoms with E-state index in [9.17, 15) is 9.90 Å². The van der Waals surface area contributed by atoms with Crippen LogP contribution in [0.2, 0.25) is 0 Å². The van der Waals surface area contributed by atoms with Gasteiger partial charge in [-0.25, -0.2) is 0 Å². The Bertz CT molecular complexity index is 298. The van der Waals surface area contributed by atoms with Gasteiger partial charge in [0.25, 0.3) is 0 Å². The van der Waals surface area contributed by atoms with Crippen LogP contribution in [0.3, 0.4) is 0 Å². The van der Waals surface area contributed by atoms with E-state index in [1.165, 1.54) is 0 Å².